The molecule has 0 aromatic heterocycles. The average molecular weight is 140 g/mol. The SMILES string of the molecule is C=C/C=C(\C=C/C)PC. The van der Waals surface area contributed by atoms with E-state index in [0.717, 1.165) is 8.58 Å². The molecule has 1 unspecified atom stereocenters. The first kappa shape index (κ1) is 8.65. The Bertz CT molecular complexity index is 132. The van der Waals surface area contributed by atoms with Crippen LogP contribution in [0.5, 0.6) is 0 Å². The molecule has 0 aromatic carbocycles. The van der Waals surface area contributed by atoms with Crippen LogP contribution in [0.2, 0.25) is 0 Å². The van der Waals surface area contributed by atoms with Crippen LogP contribution in [0.4, 0.5) is 0 Å². The van der Waals surface area contributed by atoms with E-state index in [0.29, 0.717) is 0 Å². The zero-order valence-electron chi connectivity index (χ0n) is 6.02. The molecule has 0 nitrogen and oxygen atoms in total. The van der Waals surface area contributed by atoms with Crippen LogP contribution in [0.3, 0.4) is 0 Å². The summed E-state index contributed by atoms with van der Waals surface area (Å²) in [5.41, 5.74) is 0. The predicted octanol–water partition coefficient (Wildman–Crippen LogP) is 2.94. The third-order valence-corrected chi connectivity index (χ3v) is 1.84. The Hall–Kier alpha value is -0.350. The van der Waals surface area contributed by atoms with Crippen LogP contribution >= 0.6 is 8.58 Å². The molecule has 0 spiro atoms. The van der Waals surface area contributed by atoms with Gasteiger partial charge in [0.05, 0.1) is 0 Å². The molecule has 0 bridgehead atoms. The van der Waals surface area contributed by atoms with Gasteiger partial charge in [-0.15, -0.1) is 0 Å². The Kier molecular flexibility index (Phi) is 5.56. The van der Waals surface area contributed by atoms with Gasteiger partial charge in [0.2, 0.25) is 0 Å². The maximum atomic E-state index is 3.62. The summed E-state index contributed by atoms with van der Waals surface area (Å²) in [6.45, 7) is 7.81. The van der Waals surface area contributed by atoms with Crippen molar-refractivity contribution in [3.05, 3.63) is 36.2 Å². The van der Waals surface area contributed by atoms with Crippen LogP contribution in [0.1, 0.15) is 6.92 Å². The largest absolute Gasteiger partial charge is 0.0990 e. The van der Waals surface area contributed by atoms with Crippen molar-refractivity contribution in [2.24, 2.45) is 0 Å². The Morgan fingerprint density at radius 3 is 2.56 bits per heavy atom. The average Bonchev–Trinajstić information content (AvgIpc) is 1.88. The molecular weight excluding hydrogens is 127 g/mol. The molecule has 0 saturated heterocycles. The summed E-state index contributed by atoms with van der Waals surface area (Å²) in [6.07, 6.45) is 8.02. The van der Waals surface area contributed by atoms with E-state index >= 15 is 0 Å². The van der Waals surface area contributed by atoms with Crippen molar-refractivity contribution in [2.75, 3.05) is 6.66 Å². The number of rotatable bonds is 3. The molecule has 0 aliphatic heterocycles. The van der Waals surface area contributed by atoms with Gasteiger partial charge in [0, 0.05) is 0 Å². The lowest BCUT2D eigenvalue weighted by Crippen LogP contribution is -1.61. The molecule has 0 N–H and O–H groups in total. The first-order chi connectivity index (χ1) is 4.35. The van der Waals surface area contributed by atoms with Crippen molar-refractivity contribution in [1.82, 2.24) is 0 Å². The van der Waals surface area contributed by atoms with Crippen LogP contribution in [0, 0.1) is 0 Å². The van der Waals surface area contributed by atoms with E-state index in [1.807, 2.05) is 25.2 Å². The van der Waals surface area contributed by atoms with Gasteiger partial charge in [-0.25, -0.2) is 0 Å². The molecule has 0 aliphatic carbocycles. The van der Waals surface area contributed by atoms with Gasteiger partial charge < -0.3 is 0 Å². The van der Waals surface area contributed by atoms with Gasteiger partial charge in [-0.05, 0) is 18.9 Å². The first-order valence-electron chi connectivity index (χ1n) is 2.98. The lowest BCUT2D eigenvalue weighted by molar-refractivity contribution is 1.71. The summed E-state index contributed by atoms with van der Waals surface area (Å²) < 4.78 is 0. The molecule has 0 radical (unpaired) electrons. The highest BCUT2D eigenvalue weighted by atomic mass is 31.1. The minimum Gasteiger partial charge on any atom is -0.0990 e. The molecule has 1 atom stereocenters. The molecule has 0 rings (SSSR count). The van der Waals surface area contributed by atoms with Gasteiger partial charge in [-0.1, -0.05) is 39.5 Å². The van der Waals surface area contributed by atoms with Crippen LogP contribution in [0.15, 0.2) is 36.2 Å². The van der Waals surface area contributed by atoms with Gasteiger partial charge in [0.15, 0.2) is 0 Å². The molecule has 0 saturated carbocycles. The van der Waals surface area contributed by atoms with Gasteiger partial charge >= 0.3 is 0 Å². The molecule has 0 heterocycles. The highest BCUT2D eigenvalue weighted by Crippen LogP contribution is 2.19. The molecule has 50 valence electrons. The predicted molar refractivity (Wildman–Crippen MR) is 47.3 cm³/mol. The normalized spacial score (nSPS) is 13.8. The lowest BCUT2D eigenvalue weighted by atomic mass is 10.4. The molecule has 0 fully saturated rings. The smallest absolute Gasteiger partial charge is 0.0278 e. The minimum absolute atomic E-state index is 0.866. The van der Waals surface area contributed by atoms with Crippen LogP contribution in [-0.4, -0.2) is 6.66 Å². The molecule has 9 heavy (non-hydrogen) atoms. The summed E-state index contributed by atoms with van der Waals surface area (Å²) >= 11 is 0. The quantitative estimate of drug-likeness (QED) is 0.417. The third kappa shape index (κ3) is 4.17. The van der Waals surface area contributed by atoms with Crippen molar-refractivity contribution >= 4 is 8.58 Å². The Labute approximate surface area is 59.1 Å². The maximum absolute atomic E-state index is 3.62. The monoisotopic (exact) mass is 140 g/mol. The third-order valence-electron chi connectivity index (χ3n) is 0.932. The van der Waals surface area contributed by atoms with Gasteiger partial charge in [-0.2, -0.15) is 0 Å². The van der Waals surface area contributed by atoms with Gasteiger partial charge in [-0.3, -0.25) is 0 Å². The van der Waals surface area contributed by atoms with Crippen LogP contribution in [-0.2, 0) is 0 Å². The van der Waals surface area contributed by atoms with E-state index in [4.69, 9.17) is 0 Å². The van der Waals surface area contributed by atoms with Gasteiger partial charge in [0.25, 0.3) is 0 Å². The van der Waals surface area contributed by atoms with E-state index in [2.05, 4.69) is 19.3 Å². The standard InChI is InChI=1S/C8H13P/c1-4-6-8(9-3)7-5-2/h4-7,9H,1H2,2-3H3/b7-5-,8-6+. The molecular formula is C8H13P. The zero-order chi connectivity index (χ0) is 7.11. The van der Waals surface area contributed by atoms with Crippen LogP contribution in [0.25, 0.3) is 0 Å². The van der Waals surface area contributed by atoms with Crippen molar-refractivity contribution < 1.29 is 0 Å². The van der Waals surface area contributed by atoms with Crippen molar-refractivity contribution in [3.63, 3.8) is 0 Å². The number of hydrogen-bond donors (Lipinski definition) is 0. The summed E-state index contributed by atoms with van der Waals surface area (Å²) in [5, 5.41) is 1.35. The Morgan fingerprint density at radius 2 is 2.22 bits per heavy atom. The highest BCUT2D eigenvalue weighted by Gasteiger charge is 1.80. The van der Waals surface area contributed by atoms with Crippen molar-refractivity contribution in [1.29, 1.82) is 0 Å². The minimum atomic E-state index is 0.866. The molecule has 0 aromatic rings. The Balaban J connectivity index is 3.96. The summed E-state index contributed by atoms with van der Waals surface area (Å²) in [6, 6.07) is 0. The summed E-state index contributed by atoms with van der Waals surface area (Å²) in [5.74, 6) is 0. The molecule has 0 aliphatic rings. The van der Waals surface area contributed by atoms with Crippen LogP contribution < -0.4 is 0 Å². The second kappa shape index (κ2) is 5.78. The summed E-state index contributed by atoms with van der Waals surface area (Å²) in [7, 11) is 0.866. The van der Waals surface area contributed by atoms with E-state index in [9.17, 15) is 0 Å². The van der Waals surface area contributed by atoms with Gasteiger partial charge in [0.1, 0.15) is 0 Å². The fourth-order valence-corrected chi connectivity index (χ4v) is 1.15. The molecule has 0 amide bonds. The fourth-order valence-electron chi connectivity index (χ4n) is 0.529. The molecule has 1 heteroatoms. The fraction of sp³-hybridized carbons (Fsp3) is 0.250. The van der Waals surface area contributed by atoms with E-state index in [1.54, 1.807) is 0 Å². The zero-order valence-corrected chi connectivity index (χ0v) is 7.02. The van der Waals surface area contributed by atoms with Crippen molar-refractivity contribution in [3.8, 4) is 0 Å². The summed E-state index contributed by atoms with van der Waals surface area (Å²) in [4.78, 5) is 0. The highest BCUT2D eigenvalue weighted by molar-refractivity contribution is 7.42. The van der Waals surface area contributed by atoms with E-state index in [-0.39, 0.29) is 0 Å². The Morgan fingerprint density at radius 1 is 1.56 bits per heavy atom. The number of allylic oxidation sites excluding steroid dienone is 5. The maximum Gasteiger partial charge on any atom is -0.0278 e. The lowest BCUT2D eigenvalue weighted by Gasteiger charge is -1.91. The topological polar surface area (TPSA) is 0 Å². The van der Waals surface area contributed by atoms with Crippen molar-refractivity contribution in [2.45, 2.75) is 6.92 Å². The van der Waals surface area contributed by atoms with E-state index < -0.39 is 0 Å². The van der Waals surface area contributed by atoms with E-state index in [1.165, 1.54) is 5.31 Å². The second-order valence-electron chi connectivity index (χ2n) is 1.61. The first-order valence-corrected chi connectivity index (χ1v) is 4.48. The second-order valence-corrected chi connectivity index (χ2v) is 2.69. The number of hydrogen-bond acceptors (Lipinski definition) is 0.